The fourth-order valence-electron chi connectivity index (χ4n) is 1.67. The Labute approximate surface area is 121 Å². The number of unbranched alkanes of at least 4 members (excludes halogenated alkanes) is 3. The quantitative estimate of drug-likeness (QED) is 0.510. The van der Waals surface area contributed by atoms with Crippen LogP contribution in [0, 0.1) is 0 Å². The summed E-state index contributed by atoms with van der Waals surface area (Å²) in [5, 5.41) is 18.3. The van der Waals surface area contributed by atoms with Gasteiger partial charge in [0.25, 0.3) is 0 Å². The van der Waals surface area contributed by atoms with E-state index in [1.807, 2.05) is 42.5 Å². The van der Waals surface area contributed by atoms with Crippen molar-refractivity contribution < 1.29 is 14.9 Å². The van der Waals surface area contributed by atoms with Crippen molar-refractivity contribution in [1.82, 2.24) is 0 Å². The van der Waals surface area contributed by atoms with Crippen LogP contribution >= 0.6 is 0 Å². The normalized spacial score (nSPS) is 13.1. The first kappa shape index (κ1) is 16.5. The number of ether oxygens (including phenoxy) is 1. The molecule has 0 saturated heterocycles. The van der Waals surface area contributed by atoms with Gasteiger partial charge in [0.2, 0.25) is 0 Å². The van der Waals surface area contributed by atoms with Crippen molar-refractivity contribution in [2.75, 3.05) is 13.2 Å². The maximum absolute atomic E-state index is 9.71. The minimum absolute atomic E-state index is 0.255. The van der Waals surface area contributed by atoms with E-state index >= 15 is 0 Å². The molecule has 0 aromatic heterocycles. The fraction of sp³-hybridized carbons (Fsp3) is 0.412. The molecule has 0 aliphatic carbocycles. The van der Waals surface area contributed by atoms with Crippen molar-refractivity contribution in [3.8, 4) is 5.75 Å². The van der Waals surface area contributed by atoms with Gasteiger partial charge in [-0.3, -0.25) is 0 Å². The number of aliphatic hydroxyl groups excluding tert-OH is 2. The molecule has 3 heteroatoms. The van der Waals surface area contributed by atoms with E-state index in [1.165, 1.54) is 0 Å². The number of para-hydroxylation sites is 1. The summed E-state index contributed by atoms with van der Waals surface area (Å²) >= 11 is 0. The van der Waals surface area contributed by atoms with E-state index in [0.717, 1.165) is 31.4 Å². The molecule has 0 saturated carbocycles. The van der Waals surface area contributed by atoms with Gasteiger partial charge >= 0.3 is 0 Å². The molecule has 1 atom stereocenters. The molecule has 0 bridgehead atoms. The first-order valence-electron chi connectivity index (χ1n) is 7.13. The number of benzene rings is 1. The van der Waals surface area contributed by atoms with Crippen LogP contribution in [-0.2, 0) is 0 Å². The Kier molecular flexibility index (Phi) is 9.28. The van der Waals surface area contributed by atoms with Crippen LogP contribution in [0.25, 0.3) is 0 Å². The van der Waals surface area contributed by atoms with Gasteiger partial charge in [0, 0.05) is 6.61 Å². The minimum atomic E-state index is -0.603. The van der Waals surface area contributed by atoms with Crippen LogP contribution in [0.15, 0.2) is 54.6 Å². The van der Waals surface area contributed by atoms with Gasteiger partial charge < -0.3 is 14.9 Å². The highest BCUT2D eigenvalue weighted by Gasteiger charge is 1.99. The molecule has 1 rings (SSSR count). The largest absolute Gasteiger partial charge is 0.491 e. The summed E-state index contributed by atoms with van der Waals surface area (Å²) < 4.78 is 5.44. The molecule has 0 aliphatic heterocycles. The maximum atomic E-state index is 9.71. The topological polar surface area (TPSA) is 49.7 Å². The van der Waals surface area contributed by atoms with Gasteiger partial charge in [0.1, 0.15) is 18.5 Å². The van der Waals surface area contributed by atoms with Crippen molar-refractivity contribution >= 4 is 0 Å². The summed E-state index contributed by atoms with van der Waals surface area (Å²) in [5.41, 5.74) is 0. The molecule has 0 spiro atoms. The average molecular weight is 276 g/mol. The number of rotatable bonds is 10. The zero-order valence-electron chi connectivity index (χ0n) is 11.8. The van der Waals surface area contributed by atoms with Crippen LogP contribution in [-0.4, -0.2) is 29.5 Å². The van der Waals surface area contributed by atoms with Gasteiger partial charge in [-0.1, -0.05) is 48.9 Å². The van der Waals surface area contributed by atoms with E-state index in [0.29, 0.717) is 0 Å². The molecular formula is C17H24O3. The van der Waals surface area contributed by atoms with Gasteiger partial charge in [0.05, 0.1) is 0 Å². The van der Waals surface area contributed by atoms with Gasteiger partial charge in [-0.05, 0) is 31.4 Å². The van der Waals surface area contributed by atoms with Gasteiger partial charge in [0.15, 0.2) is 0 Å². The predicted octanol–water partition coefficient (Wildman–Crippen LogP) is 3.09. The summed E-state index contributed by atoms with van der Waals surface area (Å²) in [6.07, 6.45) is 11.0. The van der Waals surface area contributed by atoms with Crippen LogP contribution in [0.1, 0.15) is 25.7 Å². The van der Waals surface area contributed by atoms with Crippen LogP contribution in [0.5, 0.6) is 5.75 Å². The summed E-state index contributed by atoms with van der Waals surface area (Å²) in [4.78, 5) is 0. The average Bonchev–Trinajstić information content (AvgIpc) is 2.49. The number of hydrogen-bond donors (Lipinski definition) is 2. The molecule has 1 aromatic rings. The lowest BCUT2D eigenvalue weighted by atomic mass is 10.2. The first-order chi connectivity index (χ1) is 9.83. The summed E-state index contributed by atoms with van der Waals surface area (Å²) in [5.74, 6) is 0.763. The molecule has 0 fully saturated rings. The SMILES string of the molecule is OCCCCCC=CC=CC(O)COc1ccccc1. The van der Waals surface area contributed by atoms with Crippen LogP contribution in [0.4, 0.5) is 0 Å². The van der Waals surface area contributed by atoms with E-state index in [4.69, 9.17) is 9.84 Å². The summed E-state index contributed by atoms with van der Waals surface area (Å²) in [7, 11) is 0. The standard InChI is InChI=1S/C17H24O3/c18-14-10-5-3-1-2-4-7-11-16(19)15-20-17-12-8-6-9-13-17/h2,4,6-9,11-13,16,18-19H,1,3,5,10,14-15H2. The van der Waals surface area contributed by atoms with Crippen LogP contribution in [0.2, 0.25) is 0 Å². The fourth-order valence-corrected chi connectivity index (χ4v) is 1.67. The third kappa shape index (κ3) is 8.51. The second-order valence-corrected chi connectivity index (χ2v) is 4.58. The molecule has 0 radical (unpaired) electrons. The highest BCUT2D eigenvalue weighted by Crippen LogP contribution is 2.08. The lowest BCUT2D eigenvalue weighted by Crippen LogP contribution is -2.14. The molecule has 1 unspecified atom stereocenters. The Hall–Kier alpha value is -1.58. The van der Waals surface area contributed by atoms with Gasteiger partial charge in [-0.15, -0.1) is 0 Å². The zero-order valence-corrected chi connectivity index (χ0v) is 11.8. The van der Waals surface area contributed by atoms with Gasteiger partial charge in [-0.25, -0.2) is 0 Å². The monoisotopic (exact) mass is 276 g/mol. The van der Waals surface area contributed by atoms with Crippen molar-refractivity contribution in [3.63, 3.8) is 0 Å². The highest BCUT2D eigenvalue weighted by atomic mass is 16.5. The predicted molar refractivity (Wildman–Crippen MR) is 81.8 cm³/mol. The number of allylic oxidation sites excluding steroid dienone is 3. The molecule has 3 nitrogen and oxygen atoms in total. The lowest BCUT2D eigenvalue weighted by Gasteiger charge is -2.08. The third-order valence-electron chi connectivity index (χ3n) is 2.77. The molecule has 1 aromatic carbocycles. The molecule has 20 heavy (non-hydrogen) atoms. The highest BCUT2D eigenvalue weighted by molar-refractivity contribution is 5.21. The second-order valence-electron chi connectivity index (χ2n) is 4.58. The van der Waals surface area contributed by atoms with E-state index < -0.39 is 6.10 Å². The zero-order chi connectivity index (χ0) is 14.5. The molecule has 0 heterocycles. The Balaban J connectivity index is 2.10. The Morgan fingerprint density at radius 3 is 2.60 bits per heavy atom. The number of hydrogen-bond acceptors (Lipinski definition) is 3. The lowest BCUT2D eigenvalue weighted by molar-refractivity contribution is 0.144. The van der Waals surface area contributed by atoms with Crippen molar-refractivity contribution in [2.24, 2.45) is 0 Å². The van der Waals surface area contributed by atoms with Crippen molar-refractivity contribution in [1.29, 1.82) is 0 Å². The van der Waals surface area contributed by atoms with E-state index in [-0.39, 0.29) is 13.2 Å². The summed E-state index contributed by atoms with van der Waals surface area (Å²) in [6, 6.07) is 9.45. The number of aliphatic hydroxyl groups is 2. The van der Waals surface area contributed by atoms with Crippen LogP contribution < -0.4 is 4.74 Å². The second kappa shape index (κ2) is 11.3. The Morgan fingerprint density at radius 2 is 1.85 bits per heavy atom. The van der Waals surface area contributed by atoms with E-state index in [9.17, 15) is 5.11 Å². The smallest absolute Gasteiger partial charge is 0.119 e. The maximum Gasteiger partial charge on any atom is 0.119 e. The van der Waals surface area contributed by atoms with E-state index in [2.05, 4.69) is 6.08 Å². The molecule has 0 amide bonds. The molecule has 0 aliphatic rings. The van der Waals surface area contributed by atoms with E-state index in [1.54, 1.807) is 6.08 Å². The minimum Gasteiger partial charge on any atom is -0.491 e. The van der Waals surface area contributed by atoms with Gasteiger partial charge in [-0.2, -0.15) is 0 Å². The molecular weight excluding hydrogens is 252 g/mol. The molecule has 2 N–H and O–H groups in total. The van der Waals surface area contributed by atoms with Crippen LogP contribution in [0.3, 0.4) is 0 Å². The molecule has 110 valence electrons. The summed E-state index contributed by atoms with van der Waals surface area (Å²) in [6.45, 7) is 0.530. The first-order valence-corrected chi connectivity index (χ1v) is 7.13. The van der Waals surface area contributed by atoms with Crippen molar-refractivity contribution in [3.05, 3.63) is 54.6 Å². The Bertz CT molecular complexity index is 384. The third-order valence-corrected chi connectivity index (χ3v) is 2.77. The van der Waals surface area contributed by atoms with Crippen molar-refractivity contribution in [2.45, 2.75) is 31.8 Å². The Morgan fingerprint density at radius 1 is 1.05 bits per heavy atom.